The Balaban J connectivity index is 1.57. The Hall–Kier alpha value is -3.13. The molecule has 31 heavy (non-hydrogen) atoms. The van der Waals surface area contributed by atoms with E-state index in [4.69, 9.17) is 14.5 Å². The van der Waals surface area contributed by atoms with E-state index in [0.717, 1.165) is 53.8 Å². The number of aromatic nitrogens is 5. The minimum atomic E-state index is 0.223. The van der Waals surface area contributed by atoms with Crippen LogP contribution in [0.5, 0.6) is 11.6 Å². The molecule has 0 aromatic carbocycles. The van der Waals surface area contributed by atoms with Gasteiger partial charge in [0.25, 0.3) is 0 Å². The van der Waals surface area contributed by atoms with Crippen molar-refractivity contribution in [2.45, 2.75) is 38.7 Å². The molecule has 1 saturated heterocycles. The average molecular weight is 421 g/mol. The highest BCUT2D eigenvalue weighted by molar-refractivity contribution is 5.89. The van der Waals surface area contributed by atoms with E-state index in [-0.39, 0.29) is 12.0 Å². The monoisotopic (exact) mass is 420 g/mol. The van der Waals surface area contributed by atoms with Gasteiger partial charge in [0.05, 0.1) is 23.8 Å². The maximum absolute atomic E-state index is 6.25. The molecule has 162 valence electrons. The summed E-state index contributed by atoms with van der Waals surface area (Å²) in [5.74, 6) is 1.65. The molecule has 0 atom stereocenters. The quantitative estimate of drug-likeness (QED) is 0.528. The zero-order valence-corrected chi connectivity index (χ0v) is 18.4. The van der Waals surface area contributed by atoms with Gasteiger partial charge in [-0.1, -0.05) is 13.8 Å². The fraction of sp³-hybridized carbons (Fsp3) is 0.435. The Bertz CT molecular complexity index is 1220. The molecule has 0 bridgehead atoms. The van der Waals surface area contributed by atoms with Crippen LogP contribution in [0.4, 0.5) is 0 Å². The molecule has 0 spiro atoms. The molecule has 5 rings (SSSR count). The normalized spacial score (nSPS) is 15.9. The lowest BCUT2D eigenvalue weighted by atomic mass is 9.99. The summed E-state index contributed by atoms with van der Waals surface area (Å²) in [7, 11) is 3.80. The van der Waals surface area contributed by atoms with Gasteiger partial charge in [0.2, 0.25) is 5.88 Å². The molecule has 1 aliphatic heterocycles. The maximum Gasteiger partial charge on any atom is 0.214 e. The summed E-state index contributed by atoms with van der Waals surface area (Å²) in [4.78, 5) is 15.1. The lowest BCUT2D eigenvalue weighted by molar-refractivity contribution is 0.110. The van der Waals surface area contributed by atoms with Crippen LogP contribution in [0.25, 0.3) is 27.9 Å². The molecule has 1 aliphatic rings. The van der Waals surface area contributed by atoms with E-state index >= 15 is 0 Å². The fourth-order valence-electron chi connectivity index (χ4n) is 4.38. The van der Waals surface area contributed by atoms with Gasteiger partial charge in [0, 0.05) is 36.5 Å². The first-order valence-electron chi connectivity index (χ1n) is 10.8. The molecule has 0 saturated carbocycles. The SMILES string of the molecule is COc1cc(-c2[nH]c3ccc(OC4CCN(C)CC4)nc3c2C(C)C)cn2ncnc12. The highest BCUT2D eigenvalue weighted by Gasteiger charge is 2.22. The molecule has 0 aliphatic carbocycles. The third kappa shape index (κ3) is 3.61. The van der Waals surface area contributed by atoms with Crippen molar-refractivity contribution >= 4 is 16.7 Å². The van der Waals surface area contributed by atoms with Gasteiger partial charge in [-0.15, -0.1) is 0 Å². The number of hydrogen-bond donors (Lipinski definition) is 1. The van der Waals surface area contributed by atoms with Crippen LogP contribution in [0.3, 0.4) is 0 Å². The predicted octanol–water partition coefficient (Wildman–Crippen LogP) is 3.88. The first-order valence-corrected chi connectivity index (χ1v) is 10.8. The van der Waals surface area contributed by atoms with Gasteiger partial charge in [-0.2, -0.15) is 5.10 Å². The van der Waals surface area contributed by atoms with Crippen LogP contribution in [0.2, 0.25) is 0 Å². The van der Waals surface area contributed by atoms with Crippen molar-refractivity contribution in [2.24, 2.45) is 0 Å². The second-order valence-corrected chi connectivity index (χ2v) is 8.56. The number of hydrogen-bond acceptors (Lipinski definition) is 6. The summed E-state index contributed by atoms with van der Waals surface area (Å²) in [6, 6.07) is 6.02. The third-order valence-electron chi connectivity index (χ3n) is 6.03. The molecule has 4 aromatic heterocycles. The van der Waals surface area contributed by atoms with Crippen molar-refractivity contribution in [3.05, 3.63) is 36.3 Å². The Morgan fingerprint density at radius 2 is 2.00 bits per heavy atom. The van der Waals surface area contributed by atoms with E-state index in [0.29, 0.717) is 17.3 Å². The van der Waals surface area contributed by atoms with Crippen molar-refractivity contribution in [3.8, 4) is 22.9 Å². The Morgan fingerprint density at radius 1 is 1.19 bits per heavy atom. The summed E-state index contributed by atoms with van der Waals surface area (Å²) in [6.07, 6.45) is 5.79. The van der Waals surface area contributed by atoms with E-state index in [1.54, 1.807) is 11.6 Å². The van der Waals surface area contributed by atoms with Crippen LogP contribution in [0.15, 0.2) is 30.7 Å². The number of nitrogens with one attached hydrogen (secondary N) is 1. The molecule has 0 unspecified atom stereocenters. The van der Waals surface area contributed by atoms with Gasteiger partial charge in [-0.3, -0.25) is 0 Å². The number of rotatable bonds is 5. The van der Waals surface area contributed by atoms with Crippen LogP contribution < -0.4 is 9.47 Å². The first kappa shape index (κ1) is 19.8. The Kier molecular flexibility index (Phi) is 5.02. The standard InChI is InChI=1S/C23H28N6O2/c1-14(2)20-21(15-11-18(30-4)23-24-13-25-29(23)12-15)26-17-5-6-19(27-22(17)20)31-16-7-9-28(3)10-8-16/h5-6,11-14,16,26H,7-10H2,1-4H3. The number of H-pyrrole nitrogens is 1. The van der Waals surface area contributed by atoms with Crippen LogP contribution in [-0.2, 0) is 0 Å². The first-order chi connectivity index (χ1) is 15.0. The van der Waals surface area contributed by atoms with E-state index in [1.807, 2.05) is 18.3 Å². The molecular formula is C23H28N6O2. The number of likely N-dealkylation sites (tertiary alicyclic amines) is 1. The molecule has 0 radical (unpaired) electrons. The summed E-state index contributed by atoms with van der Waals surface area (Å²) in [6.45, 7) is 6.49. The lowest BCUT2D eigenvalue weighted by Gasteiger charge is -2.28. The molecule has 4 aromatic rings. The van der Waals surface area contributed by atoms with E-state index < -0.39 is 0 Å². The van der Waals surface area contributed by atoms with Crippen LogP contribution in [-0.4, -0.2) is 62.8 Å². The van der Waals surface area contributed by atoms with Crippen molar-refractivity contribution in [2.75, 3.05) is 27.2 Å². The second kappa shape index (κ2) is 7.85. The van der Waals surface area contributed by atoms with Gasteiger partial charge in [0.1, 0.15) is 12.4 Å². The van der Waals surface area contributed by atoms with Crippen molar-refractivity contribution in [1.29, 1.82) is 0 Å². The zero-order valence-electron chi connectivity index (χ0n) is 18.4. The number of piperidine rings is 1. The molecule has 0 amide bonds. The number of nitrogens with zero attached hydrogens (tertiary/aromatic N) is 5. The summed E-state index contributed by atoms with van der Waals surface area (Å²) in [5, 5.41) is 4.30. The minimum absolute atomic E-state index is 0.223. The van der Waals surface area contributed by atoms with Crippen LogP contribution in [0.1, 0.15) is 38.2 Å². The smallest absolute Gasteiger partial charge is 0.214 e. The number of aromatic amines is 1. The predicted molar refractivity (Wildman–Crippen MR) is 120 cm³/mol. The minimum Gasteiger partial charge on any atom is -0.493 e. The van der Waals surface area contributed by atoms with Gasteiger partial charge in [-0.25, -0.2) is 14.5 Å². The van der Waals surface area contributed by atoms with Gasteiger partial charge >= 0.3 is 0 Å². The number of ether oxygens (including phenoxy) is 2. The van der Waals surface area contributed by atoms with Gasteiger partial charge in [-0.05, 0) is 37.9 Å². The topological polar surface area (TPSA) is 80.6 Å². The molecule has 1 N–H and O–H groups in total. The lowest BCUT2D eigenvalue weighted by Crippen LogP contribution is -2.35. The maximum atomic E-state index is 6.25. The Labute approximate surface area is 181 Å². The van der Waals surface area contributed by atoms with Crippen molar-refractivity contribution < 1.29 is 9.47 Å². The van der Waals surface area contributed by atoms with E-state index in [2.05, 4.69) is 46.9 Å². The molecular weight excluding hydrogens is 392 g/mol. The van der Waals surface area contributed by atoms with Crippen LogP contribution >= 0.6 is 0 Å². The summed E-state index contributed by atoms with van der Waals surface area (Å²) >= 11 is 0. The molecule has 8 nitrogen and oxygen atoms in total. The average Bonchev–Trinajstić information content (AvgIpc) is 3.38. The summed E-state index contributed by atoms with van der Waals surface area (Å²) in [5.41, 5.74) is 5.80. The molecule has 5 heterocycles. The van der Waals surface area contributed by atoms with Crippen LogP contribution in [0, 0.1) is 0 Å². The Morgan fingerprint density at radius 3 is 2.74 bits per heavy atom. The largest absolute Gasteiger partial charge is 0.493 e. The van der Waals surface area contributed by atoms with Crippen molar-refractivity contribution in [3.63, 3.8) is 0 Å². The second-order valence-electron chi connectivity index (χ2n) is 8.56. The van der Waals surface area contributed by atoms with Crippen molar-refractivity contribution in [1.82, 2.24) is 29.5 Å². The molecule has 1 fully saturated rings. The molecule has 8 heteroatoms. The van der Waals surface area contributed by atoms with Gasteiger partial charge in [0.15, 0.2) is 11.4 Å². The highest BCUT2D eigenvalue weighted by Crippen LogP contribution is 2.37. The summed E-state index contributed by atoms with van der Waals surface area (Å²) < 4.78 is 13.6. The number of pyridine rings is 2. The van der Waals surface area contributed by atoms with E-state index in [9.17, 15) is 0 Å². The zero-order chi connectivity index (χ0) is 21.5. The van der Waals surface area contributed by atoms with E-state index in [1.165, 1.54) is 6.33 Å². The third-order valence-corrected chi connectivity index (χ3v) is 6.03. The number of fused-ring (bicyclic) bond motifs is 2. The fourth-order valence-corrected chi connectivity index (χ4v) is 4.38. The highest BCUT2D eigenvalue weighted by atomic mass is 16.5. The van der Waals surface area contributed by atoms with Gasteiger partial charge < -0.3 is 19.4 Å². The number of methoxy groups -OCH3 is 1.